The molecule has 2 aliphatic rings. The number of hydrogen-bond donors (Lipinski definition) is 0. The highest BCUT2D eigenvalue weighted by Crippen LogP contribution is 2.32. The van der Waals surface area contributed by atoms with Crippen LogP contribution in [0.25, 0.3) is 0 Å². The molecule has 0 radical (unpaired) electrons. The largest absolute Gasteiger partial charge is 0.303 e. The Bertz CT molecular complexity index is 852. The van der Waals surface area contributed by atoms with E-state index in [2.05, 4.69) is 40.1 Å². The first-order valence-corrected chi connectivity index (χ1v) is 11.4. The molecule has 0 spiro atoms. The van der Waals surface area contributed by atoms with Crippen LogP contribution in [-0.4, -0.2) is 42.5 Å². The highest BCUT2D eigenvalue weighted by Gasteiger charge is 2.30. The summed E-state index contributed by atoms with van der Waals surface area (Å²) in [5.74, 6) is 1.36. The normalized spacial score (nSPS) is 21.4. The van der Waals surface area contributed by atoms with Crippen molar-refractivity contribution in [1.82, 2.24) is 9.80 Å². The molecule has 2 fully saturated rings. The van der Waals surface area contributed by atoms with Crippen molar-refractivity contribution in [3.8, 4) is 6.07 Å². The third-order valence-corrected chi connectivity index (χ3v) is 6.97. The number of rotatable bonds is 6. The van der Waals surface area contributed by atoms with Gasteiger partial charge in [-0.2, -0.15) is 5.26 Å². The summed E-state index contributed by atoms with van der Waals surface area (Å²) in [7, 11) is 0. The molecule has 0 aliphatic carbocycles. The Hall–Kier alpha value is -2.22. The molecular weight excluding hydrogens is 373 g/mol. The maximum atomic E-state index is 14.2. The van der Waals surface area contributed by atoms with Crippen LogP contribution < -0.4 is 0 Å². The van der Waals surface area contributed by atoms with Crippen molar-refractivity contribution in [3.63, 3.8) is 0 Å². The second-order valence-electron chi connectivity index (χ2n) is 8.97. The van der Waals surface area contributed by atoms with Gasteiger partial charge in [0.2, 0.25) is 0 Å². The van der Waals surface area contributed by atoms with E-state index < -0.39 is 0 Å². The average molecular weight is 406 g/mol. The number of nitriles is 1. The molecule has 3 nitrogen and oxygen atoms in total. The molecule has 2 aromatic carbocycles. The van der Waals surface area contributed by atoms with E-state index in [0.717, 1.165) is 50.0 Å². The quantitative estimate of drug-likeness (QED) is 0.687. The minimum Gasteiger partial charge on any atom is -0.303 e. The van der Waals surface area contributed by atoms with Gasteiger partial charge in [-0.05, 0) is 86.8 Å². The SMILES string of the molecule is N#Cc1ccc(CCN2CCCC(C3CCN(Cc4ccccc4)CC3)C2)c(F)c1. The topological polar surface area (TPSA) is 30.3 Å². The van der Waals surface area contributed by atoms with Crippen LogP contribution >= 0.6 is 0 Å². The van der Waals surface area contributed by atoms with Crippen molar-refractivity contribution in [1.29, 1.82) is 5.26 Å². The summed E-state index contributed by atoms with van der Waals surface area (Å²) < 4.78 is 14.2. The number of nitrogens with zero attached hydrogens (tertiary/aromatic N) is 3. The standard InChI is InChI=1S/C26H32FN3/c27-26-17-22(18-28)8-9-24(26)12-16-29-13-4-7-25(20-29)23-10-14-30(15-11-23)19-21-5-2-1-3-6-21/h1-3,5-6,8-9,17,23,25H,4,7,10-16,19-20H2. The van der Waals surface area contributed by atoms with Gasteiger partial charge in [-0.1, -0.05) is 36.4 Å². The van der Waals surface area contributed by atoms with Gasteiger partial charge in [0, 0.05) is 19.6 Å². The van der Waals surface area contributed by atoms with Crippen LogP contribution in [0.4, 0.5) is 4.39 Å². The molecule has 2 saturated heterocycles. The van der Waals surface area contributed by atoms with E-state index in [1.54, 1.807) is 12.1 Å². The molecule has 0 aromatic heterocycles. The Kier molecular flexibility index (Phi) is 7.15. The number of piperidine rings is 2. The van der Waals surface area contributed by atoms with Gasteiger partial charge >= 0.3 is 0 Å². The second-order valence-corrected chi connectivity index (χ2v) is 8.97. The molecule has 0 bridgehead atoms. The fourth-order valence-electron chi connectivity index (χ4n) is 5.20. The molecule has 30 heavy (non-hydrogen) atoms. The van der Waals surface area contributed by atoms with Gasteiger partial charge in [-0.3, -0.25) is 4.90 Å². The second kappa shape index (κ2) is 10.2. The van der Waals surface area contributed by atoms with Crippen LogP contribution in [0.15, 0.2) is 48.5 Å². The van der Waals surface area contributed by atoms with Crippen LogP contribution in [0.2, 0.25) is 0 Å². The number of halogens is 1. The molecule has 4 heteroatoms. The Labute approximate surface area is 180 Å². The van der Waals surface area contributed by atoms with Crippen LogP contribution in [0.3, 0.4) is 0 Å². The lowest BCUT2D eigenvalue weighted by Gasteiger charge is -2.41. The summed E-state index contributed by atoms with van der Waals surface area (Å²) in [6, 6.07) is 17.6. The van der Waals surface area contributed by atoms with Crippen LogP contribution in [0.5, 0.6) is 0 Å². The molecule has 2 aromatic rings. The van der Waals surface area contributed by atoms with Crippen molar-refractivity contribution < 1.29 is 4.39 Å². The summed E-state index contributed by atoms with van der Waals surface area (Å²) >= 11 is 0. The predicted molar refractivity (Wildman–Crippen MR) is 118 cm³/mol. The zero-order chi connectivity index (χ0) is 20.8. The lowest BCUT2D eigenvalue weighted by atomic mass is 9.79. The monoisotopic (exact) mass is 405 g/mol. The van der Waals surface area contributed by atoms with Crippen molar-refractivity contribution in [2.45, 2.75) is 38.6 Å². The van der Waals surface area contributed by atoms with E-state index in [1.165, 1.54) is 50.4 Å². The molecule has 4 rings (SSSR count). The summed E-state index contributed by atoms with van der Waals surface area (Å²) in [4.78, 5) is 5.13. The minimum absolute atomic E-state index is 0.242. The highest BCUT2D eigenvalue weighted by atomic mass is 19.1. The summed E-state index contributed by atoms with van der Waals surface area (Å²) in [5.41, 5.74) is 2.54. The Morgan fingerprint density at radius 3 is 2.47 bits per heavy atom. The zero-order valence-electron chi connectivity index (χ0n) is 17.8. The average Bonchev–Trinajstić information content (AvgIpc) is 2.79. The Balaban J connectivity index is 1.24. The molecule has 2 aliphatic heterocycles. The van der Waals surface area contributed by atoms with E-state index in [4.69, 9.17) is 5.26 Å². The third-order valence-electron chi connectivity index (χ3n) is 6.97. The summed E-state index contributed by atoms with van der Waals surface area (Å²) in [6.07, 6.45) is 5.92. The van der Waals surface area contributed by atoms with Crippen molar-refractivity contribution >= 4 is 0 Å². The van der Waals surface area contributed by atoms with Crippen LogP contribution in [0.1, 0.15) is 42.4 Å². The van der Waals surface area contributed by atoms with E-state index >= 15 is 0 Å². The lowest BCUT2D eigenvalue weighted by Crippen LogP contribution is -2.43. The first-order chi connectivity index (χ1) is 14.7. The minimum atomic E-state index is -0.242. The number of benzene rings is 2. The molecule has 0 amide bonds. The first-order valence-electron chi connectivity index (χ1n) is 11.4. The third kappa shape index (κ3) is 5.47. The van der Waals surface area contributed by atoms with Gasteiger partial charge in [0.1, 0.15) is 5.82 Å². The number of likely N-dealkylation sites (tertiary alicyclic amines) is 2. The maximum absolute atomic E-state index is 14.2. The molecule has 1 unspecified atom stereocenters. The van der Waals surface area contributed by atoms with Crippen molar-refractivity contribution in [2.75, 3.05) is 32.7 Å². The fourth-order valence-corrected chi connectivity index (χ4v) is 5.20. The Morgan fingerprint density at radius 1 is 0.933 bits per heavy atom. The van der Waals surface area contributed by atoms with E-state index in [1.807, 2.05) is 6.07 Å². The lowest BCUT2D eigenvalue weighted by molar-refractivity contribution is 0.0852. The van der Waals surface area contributed by atoms with Crippen LogP contribution in [-0.2, 0) is 13.0 Å². The first kappa shape index (κ1) is 21.0. The van der Waals surface area contributed by atoms with Gasteiger partial charge < -0.3 is 4.90 Å². The molecule has 0 saturated carbocycles. The van der Waals surface area contributed by atoms with Gasteiger partial charge in [0.15, 0.2) is 0 Å². The van der Waals surface area contributed by atoms with Crippen molar-refractivity contribution in [3.05, 3.63) is 71.0 Å². The fraction of sp³-hybridized carbons (Fsp3) is 0.500. The van der Waals surface area contributed by atoms with Gasteiger partial charge in [0.05, 0.1) is 11.6 Å². The highest BCUT2D eigenvalue weighted by molar-refractivity contribution is 5.33. The van der Waals surface area contributed by atoms with Crippen molar-refractivity contribution in [2.24, 2.45) is 11.8 Å². The maximum Gasteiger partial charge on any atom is 0.127 e. The number of hydrogen-bond acceptors (Lipinski definition) is 3. The Morgan fingerprint density at radius 2 is 1.73 bits per heavy atom. The molecular formula is C26H32FN3. The predicted octanol–water partition coefficient (Wildman–Crippen LogP) is 4.86. The van der Waals surface area contributed by atoms with E-state index in [9.17, 15) is 4.39 Å². The van der Waals surface area contributed by atoms with Gasteiger partial charge in [-0.25, -0.2) is 4.39 Å². The van der Waals surface area contributed by atoms with Gasteiger partial charge in [-0.15, -0.1) is 0 Å². The van der Waals surface area contributed by atoms with E-state index in [-0.39, 0.29) is 5.82 Å². The molecule has 1 atom stereocenters. The smallest absolute Gasteiger partial charge is 0.127 e. The van der Waals surface area contributed by atoms with Crippen LogP contribution in [0, 0.1) is 29.0 Å². The molecule has 2 heterocycles. The van der Waals surface area contributed by atoms with Gasteiger partial charge in [0.25, 0.3) is 0 Å². The zero-order valence-corrected chi connectivity index (χ0v) is 17.8. The molecule has 0 N–H and O–H groups in total. The summed E-state index contributed by atoms with van der Waals surface area (Å²) in [6.45, 7) is 6.66. The molecule has 158 valence electrons. The summed E-state index contributed by atoms with van der Waals surface area (Å²) in [5, 5.41) is 8.90. The van der Waals surface area contributed by atoms with E-state index in [0.29, 0.717) is 5.56 Å².